The third-order valence-corrected chi connectivity index (χ3v) is 6.91. The van der Waals surface area contributed by atoms with Crippen molar-refractivity contribution in [3.8, 4) is 0 Å². The Kier molecular flexibility index (Phi) is 3.11. The maximum absolute atomic E-state index is 13.1. The Morgan fingerprint density at radius 3 is 2.42 bits per heavy atom. The molecule has 0 N–H and O–H groups in total. The molecule has 5 rings (SSSR count). The van der Waals surface area contributed by atoms with Gasteiger partial charge >= 0.3 is 5.97 Å². The molecule has 9 unspecified atom stereocenters. The summed E-state index contributed by atoms with van der Waals surface area (Å²) in [7, 11) is 0. The molecular formula is C20H24O6. The van der Waals surface area contributed by atoms with Crippen LogP contribution in [0.2, 0.25) is 0 Å². The van der Waals surface area contributed by atoms with Crippen LogP contribution in [0, 0.1) is 17.8 Å². The van der Waals surface area contributed by atoms with Gasteiger partial charge < -0.3 is 18.9 Å². The Morgan fingerprint density at radius 1 is 1.04 bits per heavy atom. The highest BCUT2D eigenvalue weighted by atomic mass is 16.8. The van der Waals surface area contributed by atoms with Gasteiger partial charge in [0.25, 0.3) is 0 Å². The Labute approximate surface area is 152 Å². The summed E-state index contributed by atoms with van der Waals surface area (Å²) in [6, 6.07) is 0. The number of ether oxygens (including phenoxy) is 4. The third kappa shape index (κ3) is 1.78. The van der Waals surface area contributed by atoms with Crippen LogP contribution in [0.3, 0.4) is 0 Å². The van der Waals surface area contributed by atoms with Crippen LogP contribution in [-0.4, -0.2) is 47.6 Å². The number of hydrogen-bond acceptors (Lipinski definition) is 6. The van der Waals surface area contributed by atoms with Crippen LogP contribution in [0.5, 0.6) is 0 Å². The molecule has 6 heteroatoms. The summed E-state index contributed by atoms with van der Waals surface area (Å²) in [5.41, 5.74) is 0.755. The fraction of sp³-hybridized carbons (Fsp3) is 0.700. The zero-order chi connectivity index (χ0) is 18.6. The number of carbonyl (C=O) groups excluding carboxylic acids is 2. The number of esters is 1. The van der Waals surface area contributed by atoms with E-state index in [-0.39, 0.29) is 29.5 Å². The van der Waals surface area contributed by atoms with Gasteiger partial charge in [-0.2, -0.15) is 0 Å². The lowest BCUT2D eigenvalue weighted by Crippen LogP contribution is -2.60. The van der Waals surface area contributed by atoms with Gasteiger partial charge in [-0.3, -0.25) is 9.59 Å². The Bertz CT molecular complexity index is 757. The molecule has 5 fully saturated rings. The second-order valence-corrected chi connectivity index (χ2v) is 8.67. The highest BCUT2D eigenvalue weighted by Gasteiger charge is 2.81. The summed E-state index contributed by atoms with van der Waals surface area (Å²) in [6.07, 6.45) is -0.804. The number of carbonyl (C=O) groups is 2. The van der Waals surface area contributed by atoms with Crippen molar-refractivity contribution in [1.82, 2.24) is 0 Å². The maximum atomic E-state index is 13.1. The van der Waals surface area contributed by atoms with Gasteiger partial charge in [0.15, 0.2) is 11.4 Å². The summed E-state index contributed by atoms with van der Waals surface area (Å²) in [4.78, 5) is 25.6. The fourth-order valence-corrected chi connectivity index (χ4v) is 5.55. The number of hydrogen-bond donors (Lipinski definition) is 0. The summed E-state index contributed by atoms with van der Waals surface area (Å²) >= 11 is 0. The highest BCUT2D eigenvalue weighted by molar-refractivity contribution is 5.96. The van der Waals surface area contributed by atoms with Gasteiger partial charge in [-0.05, 0) is 33.6 Å². The van der Waals surface area contributed by atoms with Crippen molar-refractivity contribution < 1.29 is 28.5 Å². The first-order valence-electron chi connectivity index (χ1n) is 9.30. The molecule has 1 spiro atoms. The highest BCUT2D eigenvalue weighted by Crippen LogP contribution is 2.62. The molecule has 5 aliphatic heterocycles. The van der Waals surface area contributed by atoms with Crippen molar-refractivity contribution in [3.63, 3.8) is 0 Å². The number of fused-ring (bicyclic) bond motifs is 2. The standard InChI is InChI=1S/C20H24O6/c1-8(2)10-6-7-11-13-15(23-17(11)22)12(9(3)4)20(24-13)18-19(5,26-18)16(21)14(10)25-20/h10-15,18H,1,3,6-7H2,2,4-5H3. The normalized spacial score (nSPS) is 53.9. The number of rotatable bonds is 2. The zero-order valence-corrected chi connectivity index (χ0v) is 15.3. The van der Waals surface area contributed by atoms with Crippen molar-refractivity contribution in [2.45, 2.75) is 69.4 Å². The number of ketones is 1. The minimum Gasteiger partial charge on any atom is -0.458 e. The molecule has 5 saturated heterocycles. The second-order valence-electron chi connectivity index (χ2n) is 8.67. The van der Waals surface area contributed by atoms with Gasteiger partial charge in [-0.1, -0.05) is 24.3 Å². The van der Waals surface area contributed by atoms with E-state index in [0.717, 1.165) is 11.1 Å². The van der Waals surface area contributed by atoms with Gasteiger partial charge in [-0.25, -0.2) is 0 Å². The minimum atomic E-state index is -1.13. The van der Waals surface area contributed by atoms with E-state index in [4.69, 9.17) is 18.9 Å². The fourth-order valence-electron chi connectivity index (χ4n) is 5.55. The van der Waals surface area contributed by atoms with Crippen LogP contribution in [0.15, 0.2) is 24.3 Å². The van der Waals surface area contributed by atoms with Gasteiger partial charge in [0.05, 0.1) is 11.8 Å². The van der Waals surface area contributed by atoms with Crippen LogP contribution in [-0.2, 0) is 28.5 Å². The van der Waals surface area contributed by atoms with E-state index in [0.29, 0.717) is 12.8 Å². The van der Waals surface area contributed by atoms with E-state index in [1.54, 1.807) is 6.92 Å². The molecular weight excluding hydrogens is 336 g/mol. The van der Waals surface area contributed by atoms with Gasteiger partial charge in [0.2, 0.25) is 5.79 Å². The SMILES string of the molecule is C=C(C)C1CCC2C(=O)OC3C2OC2(OC1C(=O)C1(C)OC12)C3C(=C)C. The van der Waals surface area contributed by atoms with Gasteiger partial charge in [0.1, 0.15) is 24.4 Å². The van der Waals surface area contributed by atoms with E-state index in [9.17, 15) is 9.59 Å². The molecule has 6 nitrogen and oxygen atoms in total. The lowest BCUT2D eigenvalue weighted by Gasteiger charge is -2.42. The molecule has 3 bridgehead atoms. The third-order valence-electron chi connectivity index (χ3n) is 6.91. The first-order chi connectivity index (χ1) is 12.2. The first kappa shape index (κ1) is 16.7. The molecule has 5 heterocycles. The van der Waals surface area contributed by atoms with Gasteiger partial charge in [0, 0.05) is 5.92 Å². The second kappa shape index (κ2) is 4.86. The Morgan fingerprint density at radius 2 is 1.77 bits per heavy atom. The predicted octanol–water partition coefficient (Wildman–Crippen LogP) is 1.93. The van der Waals surface area contributed by atoms with Crippen LogP contribution in [0.25, 0.3) is 0 Å². The summed E-state index contributed by atoms with van der Waals surface area (Å²) in [5.74, 6) is -2.31. The van der Waals surface area contributed by atoms with Crippen molar-refractivity contribution in [2.24, 2.45) is 17.8 Å². The van der Waals surface area contributed by atoms with Crippen LogP contribution >= 0.6 is 0 Å². The average molecular weight is 360 g/mol. The quantitative estimate of drug-likeness (QED) is 0.426. The lowest BCUT2D eigenvalue weighted by atomic mass is 9.74. The molecule has 0 aromatic rings. The molecule has 0 aromatic carbocycles. The number of Topliss-reactive ketones (excluding diaryl/α,β-unsaturated/α-hetero) is 1. The molecule has 9 atom stereocenters. The van der Waals surface area contributed by atoms with Crippen molar-refractivity contribution >= 4 is 11.8 Å². The van der Waals surface area contributed by atoms with E-state index < -0.39 is 35.8 Å². The molecule has 26 heavy (non-hydrogen) atoms. The predicted molar refractivity (Wildman–Crippen MR) is 90.0 cm³/mol. The van der Waals surface area contributed by atoms with Crippen LogP contribution in [0.4, 0.5) is 0 Å². The monoisotopic (exact) mass is 360 g/mol. The first-order valence-corrected chi connectivity index (χ1v) is 9.30. The smallest absolute Gasteiger partial charge is 0.312 e. The van der Waals surface area contributed by atoms with Crippen molar-refractivity contribution in [3.05, 3.63) is 24.3 Å². The molecule has 0 saturated carbocycles. The van der Waals surface area contributed by atoms with E-state index in [2.05, 4.69) is 13.2 Å². The Balaban J connectivity index is 1.69. The topological polar surface area (TPSA) is 74.4 Å². The van der Waals surface area contributed by atoms with Gasteiger partial charge in [-0.15, -0.1) is 0 Å². The summed E-state index contributed by atoms with van der Waals surface area (Å²) in [5, 5.41) is 0. The van der Waals surface area contributed by atoms with Crippen molar-refractivity contribution in [1.29, 1.82) is 0 Å². The molecule has 140 valence electrons. The lowest BCUT2D eigenvalue weighted by molar-refractivity contribution is -0.279. The van der Waals surface area contributed by atoms with Crippen molar-refractivity contribution in [2.75, 3.05) is 0 Å². The largest absolute Gasteiger partial charge is 0.458 e. The maximum Gasteiger partial charge on any atom is 0.312 e. The van der Waals surface area contributed by atoms with Crippen LogP contribution < -0.4 is 0 Å². The zero-order valence-electron chi connectivity index (χ0n) is 15.3. The molecule has 0 aromatic heterocycles. The van der Waals surface area contributed by atoms with E-state index in [1.807, 2.05) is 13.8 Å². The van der Waals surface area contributed by atoms with E-state index in [1.165, 1.54) is 0 Å². The summed E-state index contributed by atoms with van der Waals surface area (Å²) in [6.45, 7) is 13.8. The van der Waals surface area contributed by atoms with E-state index >= 15 is 0 Å². The van der Waals surface area contributed by atoms with Crippen LogP contribution in [0.1, 0.15) is 33.6 Å². The average Bonchev–Trinajstić information content (AvgIpc) is 3.04. The number of epoxide rings is 1. The molecule has 5 aliphatic rings. The molecule has 0 radical (unpaired) electrons. The minimum absolute atomic E-state index is 0.0601. The summed E-state index contributed by atoms with van der Waals surface area (Å²) < 4.78 is 24.5. The molecule has 0 amide bonds. The molecule has 0 aliphatic carbocycles. The Hall–Kier alpha value is -1.50.